The average molecular weight is 376 g/mol. The maximum Gasteiger partial charge on any atom is 0.252 e. The van der Waals surface area contributed by atoms with Gasteiger partial charge >= 0.3 is 0 Å². The van der Waals surface area contributed by atoms with Crippen molar-refractivity contribution in [3.63, 3.8) is 0 Å². The molecule has 2 heterocycles. The zero-order chi connectivity index (χ0) is 19.0. The fourth-order valence-corrected chi connectivity index (χ4v) is 3.81. The fourth-order valence-electron chi connectivity index (χ4n) is 3.81. The van der Waals surface area contributed by atoms with E-state index in [9.17, 15) is 13.6 Å². The predicted octanol–water partition coefficient (Wildman–Crippen LogP) is 2.36. The first-order chi connectivity index (χ1) is 12.9. The highest BCUT2D eigenvalue weighted by Gasteiger charge is 2.46. The topological polar surface area (TPSA) is 59.4 Å². The van der Waals surface area contributed by atoms with Crippen molar-refractivity contribution in [1.82, 2.24) is 20.0 Å². The zero-order valence-electron chi connectivity index (χ0n) is 15.1. The third-order valence-electron chi connectivity index (χ3n) is 5.19. The fraction of sp³-hybridized carbons (Fsp3) is 0.474. The van der Waals surface area contributed by atoms with Crippen molar-refractivity contribution in [3.8, 4) is 5.75 Å². The summed E-state index contributed by atoms with van der Waals surface area (Å²) in [6.45, 7) is 1.74. The molecule has 1 aromatic heterocycles. The van der Waals surface area contributed by atoms with Crippen LogP contribution in [-0.4, -0.2) is 46.2 Å². The second-order valence-electron chi connectivity index (χ2n) is 7.23. The normalized spacial score (nSPS) is 22.0. The van der Waals surface area contributed by atoms with Gasteiger partial charge in [0.25, 0.3) is 5.92 Å². The molecular formula is C19H22F2N4O2. The van der Waals surface area contributed by atoms with Gasteiger partial charge < -0.3 is 10.1 Å². The number of carbonyl (C=O) groups is 1. The van der Waals surface area contributed by atoms with E-state index in [0.29, 0.717) is 19.6 Å². The Kier molecular flexibility index (Phi) is 4.59. The second kappa shape index (κ2) is 6.92. The smallest absolute Gasteiger partial charge is 0.252 e. The molecule has 8 heteroatoms. The minimum absolute atomic E-state index is 0.259. The van der Waals surface area contributed by atoms with Gasteiger partial charge in [-0.3, -0.25) is 14.4 Å². The molecular weight excluding hydrogens is 354 g/mol. The average Bonchev–Trinajstić information content (AvgIpc) is 3.08. The molecule has 6 nitrogen and oxygen atoms in total. The molecule has 1 aliphatic carbocycles. The van der Waals surface area contributed by atoms with Gasteiger partial charge in [0.2, 0.25) is 5.91 Å². The summed E-state index contributed by atoms with van der Waals surface area (Å²) in [5.74, 6) is -2.11. The van der Waals surface area contributed by atoms with Gasteiger partial charge in [0.15, 0.2) is 0 Å². The number of alkyl halides is 2. The van der Waals surface area contributed by atoms with Crippen LogP contribution in [0, 0.1) is 0 Å². The predicted molar refractivity (Wildman–Crippen MR) is 94.5 cm³/mol. The van der Waals surface area contributed by atoms with Gasteiger partial charge in [-0.25, -0.2) is 8.78 Å². The molecule has 1 atom stereocenters. The van der Waals surface area contributed by atoms with E-state index >= 15 is 0 Å². The highest BCUT2D eigenvalue weighted by atomic mass is 19.3. The molecule has 27 heavy (non-hydrogen) atoms. The first-order valence-electron chi connectivity index (χ1n) is 9.00. The van der Waals surface area contributed by atoms with Crippen molar-refractivity contribution in [2.24, 2.45) is 0 Å². The first-order valence-corrected chi connectivity index (χ1v) is 9.00. The Morgan fingerprint density at radius 3 is 2.85 bits per heavy atom. The van der Waals surface area contributed by atoms with Gasteiger partial charge in [-0.05, 0) is 12.1 Å². The molecule has 4 rings (SSSR count). The molecule has 144 valence electrons. The van der Waals surface area contributed by atoms with Crippen LogP contribution in [0.15, 0.2) is 36.5 Å². The van der Waals surface area contributed by atoms with Crippen LogP contribution < -0.4 is 10.1 Å². The molecule has 0 bridgehead atoms. The number of rotatable bonds is 5. The highest BCUT2D eigenvalue weighted by molar-refractivity contribution is 5.81. The Bertz CT molecular complexity index is 831. The van der Waals surface area contributed by atoms with Crippen molar-refractivity contribution in [1.29, 1.82) is 0 Å². The third-order valence-corrected chi connectivity index (χ3v) is 5.19. The number of nitrogens with one attached hydrogen (secondary N) is 1. The Labute approximate surface area is 156 Å². The highest BCUT2D eigenvalue weighted by Crippen LogP contribution is 2.37. The van der Waals surface area contributed by atoms with E-state index < -0.39 is 18.0 Å². The molecule has 1 aromatic carbocycles. The minimum Gasteiger partial charge on any atom is -0.496 e. The van der Waals surface area contributed by atoms with Crippen LogP contribution in [-0.2, 0) is 17.9 Å². The van der Waals surface area contributed by atoms with Gasteiger partial charge in [-0.2, -0.15) is 5.10 Å². The Hall–Kier alpha value is -2.48. The van der Waals surface area contributed by atoms with Crippen LogP contribution in [0.4, 0.5) is 8.78 Å². The lowest BCUT2D eigenvalue weighted by atomic mass is 9.88. The molecule has 0 radical (unpaired) electrons. The summed E-state index contributed by atoms with van der Waals surface area (Å²) in [6.07, 6.45) is 1.09. The number of hydrogen-bond acceptors (Lipinski definition) is 4. The largest absolute Gasteiger partial charge is 0.496 e. The minimum atomic E-state index is -2.66. The van der Waals surface area contributed by atoms with Gasteiger partial charge in [0, 0.05) is 50.3 Å². The Balaban J connectivity index is 1.48. The van der Waals surface area contributed by atoms with Crippen LogP contribution in [0.1, 0.15) is 30.1 Å². The van der Waals surface area contributed by atoms with Gasteiger partial charge in [0.1, 0.15) is 11.8 Å². The lowest BCUT2D eigenvalue weighted by molar-refractivity contribution is -0.133. The standard InChI is InChI=1S/C19H22F2N4O2/c1-27-17-5-3-2-4-13(17)10-24-11-15-6-7-22-25(15)16(12-24)18(26)23-14-8-19(20,21)9-14/h2-7,14,16H,8-12H2,1H3,(H,23,26). The number of hydrogen-bond donors (Lipinski definition) is 1. The molecule has 1 saturated carbocycles. The summed E-state index contributed by atoms with van der Waals surface area (Å²) in [7, 11) is 1.63. The van der Waals surface area contributed by atoms with E-state index in [2.05, 4.69) is 15.3 Å². The second-order valence-corrected chi connectivity index (χ2v) is 7.23. The molecule has 2 aliphatic rings. The summed E-state index contributed by atoms with van der Waals surface area (Å²) in [5, 5.41) is 7.02. The van der Waals surface area contributed by atoms with Crippen molar-refractivity contribution >= 4 is 5.91 Å². The van der Waals surface area contributed by atoms with Gasteiger partial charge in [0.05, 0.1) is 12.8 Å². The van der Waals surface area contributed by atoms with E-state index in [1.165, 1.54) is 0 Å². The van der Waals surface area contributed by atoms with Crippen molar-refractivity contribution in [2.45, 2.75) is 43.9 Å². The molecule has 1 aliphatic heterocycles. The molecule has 0 spiro atoms. The third kappa shape index (κ3) is 3.66. The Morgan fingerprint density at radius 2 is 2.11 bits per heavy atom. The molecule has 1 amide bonds. The lowest BCUT2D eigenvalue weighted by Crippen LogP contribution is -2.54. The van der Waals surface area contributed by atoms with E-state index in [4.69, 9.17) is 4.74 Å². The quantitative estimate of drug-likeness (QED) is 0.870. The number of ether oxygens (including phenoxy) is 1. The van der Waals surface area contributed by atoms with Crippen molar-refractivity contribution < 1.29 is 18.3 Å². The van der Waals surface area contributed by atoms with Crippen LogP contribution in [0.3, 0.4) is 0 Å². The number of benzene rings is 1. The maximum atomic E-state index is 13.1. The monoisotopic (exact) mass is 376 g/mol. The summed E-state index contributed by atoms with van der Waals surface area (Å²) in [5.41, 5.74) is 1.96. The summed E-state index contributed by atoms with van der Waals surface area (Å²) >= 11 is 0. The number of methoxy groups -OCH3 is 1. The molecule has 1 N–H and O–H groups in total. The van der Waals surface area contributed by atoms with E-state index in [1.54, 1.807) is 18.0 Å². The summed E-state index contributed by atoms with van der Waals surface area (Å²) in [6, 6.07) is 8.65. The van der Waals surface area contributed by atoms with E-state index in [0.717, 1.165) is 17.0 Å². The van der Waals surface area contributed by atoms with Crippen molar-refractivity contribution in [3.05, 3.63) is 47.8 Å². The summed E-state index contributed by atoms with van der Waals surface area (Å²) < 4.78 is 33.2. The van der Waals surface area contributed by atoms with Crippen LogP contribution >= 0.6 is 0 Å². The first kappa shape index (κ1) is 17.9. The summed E-state index contributed by atoms with van der Waals surface area (Å²) in [4.78, 5) is 14.9. The number of nitrogens with zero attached hydrogens (tertiary/aromatic N) is 3. The van der Waals surface area contributed by atoms with Crippen LogP contribution in [0.5, 0.6) is 5.75 Å². The number of amides is 1. The van der Waals surface area contributed by atoms with Gasteiger partial charge in [-0.15, -0.1) is 0 Å². The zero-order valence-corrected chi connectivity index (χ0v) is 15.1. The number of aromatic nitrogens is 2. The number of fused-ring (bicyclic) bond motifs is 1. The van der Waals surface area contributed by atoms with Crippen molar-refractivity contribution in [2.75, 3.05) is 13.7 Å². The molecule has 0 saturated heterocycles. The van der Waals surface area contributed by atoms with E-state index in [-0.39, 0.29) is 18.7 Å². The number of para-hydroxylation sites is 1. The van der Waals surface area contributed by atoms with Gasteiger partial charge in [-0.1, -0.05) is 18.2 Å². The van der Waals surface area contributed by atoms with E-state index in [1.807, 2.05) is 30.3 Å². The molecule has 1 unspecified atom stereocenters. The van der Waals surface area contributed by atoms with Crippen LogP contribution in [0.25, 0.3) is 0 Å². The number of halogens is 2. The maximum absolute atomic E-state index is 13.1. The number of carbonyl (C=O) groups excluding carboxylic acids is 1. The van der Waals surface area contributed by atoms with Crippen LogP contribution in [0.2, 0.25) is 0 Å². The Morgan fingerprint density at radius 1 is 1.33 bits per heavy atom. The lowest BCUT2D eigenvalue weighted by Gasteiger charge is -2.38. The molecule has 2 aromatic rings. The SMILES string of the molecule is COc1ccccc1CN1Cc2ccnn2C(C(=O)NC2CC(F)(F)C2)C1. The molecule has 1 fully saturated rings.